The lowest BCUT2D eigenvalue weighted by Crippen LogP contribution is -2.32. The maximum absolute atomic E-state index is 13.0. The van der Waals surface area contributed by atoms with Crippen molar-refractivity contribution in [2.75, 3.05) is 5.32 Å². The van der Waals surface area contributed by atoms with Gasteiger partial charge in [-0.05, 0) is 36.8 Å². The molecule has 156 valence electrons. The number of esters is 1. The Morgan fingerprint density at radius 1 is 1.03 bits per heavy atom. The number of nitrogens with zero attached hydrogens (tertiary/aromatic N) is 1. The minimum Gasteiger partial charge on any atom is -0.449 e. The maximum atomic E-state index is 13.0. The van der Waals surface area contributed by atoms with E-state index >= 15 is 0 Å². The number of imidazole rings is 1. The van der Waals surface area contributed by atoms with Gasteiger partial charge in [-0.15, -0.1) is 0 Å². The van der Waals surface area contributed by atoms with E-state index in [4.69, 9.17) is 16.3 Å². The first kappa shape index (κ1) is 20.6. The molecule has 4 rings (SSSR count). The van der Waals surface area contributed by atoms with Gasteiger partial charge in [0.05, 0.1) is 27.3 Å². The lowest BCUT2D eigenvalue weighted by atomic mass is 10.1. The SMILES string of the molecule is CCC(OC(=O)c1ccccc1-c1nc2ccccc2[nH]1)C(=O)Nc1ccccc1Cl. The lowest BCUT2D eigenvalue weighted by molar-refractivity contribution is -0.124. The van der Waals surface area contributed by atoms with Crippen molar-refractivity contribution in [2.24, 2.45) is 0 Å². The van der Waals surface area contributed by atoms with Gasteiger partial charge >= 0.3 is 5.97 Å². The fourth-order valence-corrected chi connectivity index (χ4v) is 3.42. The summed E-state index contributed by atoms with van der Waals surface area (Å²) in [5.74, 6) is -0.482. The van der Waals surface area contributed by atoms with Gasteiger partial charge in [0.25, 0.3) is 5.91 Å². The summed E-state index contributed by atoms with van der Waals surface area (Å²) in [7, 11) is 0. The topological polar surface area (TPSA) is 84.1 Å². The van der Waals surface area contributed by atoms with Crippen LogP contribution in [0, 0.1) is 0 Å². The third-order valence-corrected chi connectivity index (χ3v) is 5.17. The zero-order valence-corrected chi connectivity index (χ0v) is 17.5. The van der Waals surface area contributed by atoms with Crippen LogP contribution in [0.25, 0.3) is 22.4 Å². The van der Waals surface area contributed by atoms with Crippen LogP contribution < -0.4 is 5.32 Å². The first-order valence-corrected chi connectivity index (χ1v) is 10.2. The van der Waals surface area contributed by atoms with E-state index < -0.39 is 18.0 Å². The zero-order valence-electron chi connectivity index (χ0n) is 16.8. The molecule has 3 aromatic carbocycles. The molecule has 1 aromatic heterocycles. The Labute approximate surface area is 184 Å². The van der Waals surface area contributed by atoms with E-state index in [9.17, 15) is 9.59 Å². The number of para-hydroxylation sites is 3. The number of hydrogen-bond donors (Lipinski definition) is 2. The first-order valence-electron chi connectivity index (χ1n) is 9.87. The second-order valence-electron chi connectivity index (χ2n) is 6.92. The summed E-state index contributed by atoms with van der Waals surface area (Å²) >= 11 is 6.11. The fourth-order valence-electron chi connectivity index (χ4n) is 3.24. The molecule has 0 fully saturated rings. The number of H-pyrrole nitrogens is 1. The van der Waals surface area contributed by atoms with Crippen molar-refractivity contribution in [2.45, 2.75) is 19.4 Å². The van der Waals surface area contributed by atoms with Crippen LogP contribution in [-0.2, 0) is 9.53 Å². The number of ether oxygens (including phenoxy) is 1. The molecule has 0 bridgehead atoms. The van der Waals surface area contributed by atoms with Crippen molar-refractivity contribution in [3.63, 3.8) is 0 Å². The molecule has 7 heteroatoms. The summed E-state index contributed by atoms with van der Waals surface area (Å²) in [6.45, 7) is 1.77. The van der Waals surface area contributed by atoms with Crippen molar-refractivity contribution in [3.8, 4) is 11.4 Å². The van der Waals surface area contributed by atoms with Crippen LogP contribution >= 0.6 is 11.6 Å². The standard InChI is InChI=1S/C24H20ClN3O3/c1-2-21(23(29)28-18-12-6-5-11-17(18)25)31-24(30)16-10-4-3-9-15(16)22-26-19-13-7-8-14-20(19)27-22/h3-14,21H,2H2,1H3,(H,26,27)(H,28,29). The monoisotopic (exact) mass is 433 g/mol. The van der Waals surface area contributed by atoms with Gasteiger partial charge in [-0.2, -0.15) is 0 Å². The van der Waals surface area contributed by atoms with E-state index in [2.05, 4.69) is 15.3 Å². The summed E-state index contributed by atoms with van der Waals surface area (Å²) in [6.07, 6.45) is -0.651. The summed E-state index contributed by atoms with van der Waals surface area (Å²) in [6, 6.07) is 21.5. The normalized spacial score (nSPS) is 11.8. The Kier molecular flexibility index (Phi) is 6.00. The molecule has 4 aromatic rings. The fraction of sp³-hybridized carbons (Fsp3) is 0.125. The molecule has 0 radical (unpaired) electrons. The highest BCUT2D eigenvalue weighted by Gasteiger charge is 2.24. The molecule has 1 atom stereocenters. The van der Waals surface area contributed by atoms with Crippen LogP contribution in [0.3, 0.4) is 0 Å². The first-order chi connectivity index (χ1) is 15.1. The van der Waals surface area contributed by atoms with Gasteiger partial charge in [0, 0.05) is 5.56 Å². The van der Waals surface area contributed by atoms with E-state index in [-0.39, 0.29) is 0 Å². The molecular weight excluding hydrogens is 414 g/mol. The highest BCUT2D eigenvalue weighted by Crippen LogP contribution is 2.25. The molecule has 31 heavy (non-hydrogen) atoms. The molecule has 0 aliphatic rings. The van der Waals surface area contributed by atoms with E-state index in [1.165, 1.54) is 0 Å². The highest BCUT2D eigenvalue weighted by molar-refractivity contribution is 6.33. The Morgan fingerprint density at radius 2 is 1.74 bits per heavy atom. The van der Waals surface area contributed by atoms with Crippen LogP contribution in [0.15, 0.2) is 72.8 Å². The summed E-state index contributed by atoms with van der Waals surface area (Å²) < 4.78 is 5.56. The highest BCUT2D eigenvalue weighted by atomic mass is 35.5. The Balaban J connectivity index is 1.56. The second kappa shape index (κ2) is 9.02. The van der Waals surface area contributed by atoms with E-state index in [0.717, 1.165) is 11.0 Å². The summed E-state index contributed by atoms with van der Waals surface area (Å²) in [5.41, 5.74) is 3.06. The smallest absolute Gasteiger partial charge is 0.339 e. The zero-order chi connectivity index (χ0) is 21.8. The van der Waals surface area contributed by atoms with Crippen LogP contribution in [0.4, 0.5) is 5.69 Å². The predicted octanol–water partition coefficient (Wildman–Crippen LogP) is 5.46. The molecule has 1 amide bonds. The van der Waals surface area contributed by atoms with Gasteiger partial charge in [-0.25, -0.2) is 9.78 Å². The van der Waals surface area contributed by atoms with Crippen molar-refractivity contribution in [3.05, 3.63) is 83.4 Å². The minimum absolute atomic E-state index is 0.314. The molecule has 0 saturated heterocycles. The Morgan fingerprint density at radius 3 is 2.52 bits per heavy atom. The summed E-state index contributed by atoms with van der Waals surface area (Å²) in [4.78, 5) is 33.4. The third kappa shape index (κ3) is 4.44. The molecule has 0 aliphatic heterocycles. The number of benzene rings is 3. The predicted molar refractivity (Wildman–Crippen MR) is 121 cm³/mol. The molecule has 2 N–H and O–H groups in total. The van der Waals surface area contributed by atoms with E-state index in [1.807, 2.05) is 30.3 Å². The van der Waals surface area contributed by atoms with Crippen LogP contribution in [0.1, 0.15) is 23.7 Å². The number of fused-ring (bicyclic) bond motifs is 1. The lowest BCUT2D eigenvalue weighted by Gasteiger charge is -2.17. The number of amides is 1. The number of anilines is 1. The van der Waals surface area contributed by atoms with Gasteiger partial charge in [-0.3, -0.25) is 4.79 Å². The summed E-state index contributed by atoms with van der Waals surface area (Å²) in [5, 5.41) is 3.12. The number of aromatic amines is 1. The van der Waals surface area contributed by atoms with Crippen LogP contribution in [0.2, 0.25) is 5.02 Å². The molecule has 0 spiro atoms. The average Bonchev–Trinajstić information content (AvgIpc) is 3.23. The maximum Gasteiger partial charge on any atom is 0.339 e. The van der Waals surface area contributed by atoms with Gasteiger partial charge in [0.15, 0.2) is 6.10 Å². The van der Waals surface area contributed by atoms with Crippen LogP contribution in [0.5, 0.6) is 0 Å². The Hall–Kier alpha value is -3.64. The minimum atomic E-state index is -0.965. The number of nitrogens with one attached hydrogen (secondary N) is 2. The number of carbonyl (C=O) groups excluding carboxylic acids is 2. The number of hydrogen-bond acceptors (Lipinski definition) is 4. The van der Waals surface area contributed by atoms with Crippen molar-refractivity contribution < 1.29 is 14.3 Å². The van der Waals surface area contributed by atoms with Crippen molar-refractivity contribution >= 4 is 40.2 Å². The number of carbonyl (C=O) groups is 2. The molecule has 1 unspecified atom stereocenters. The number of halogens is 1. The largest absolute Gasteiger partial charge is 0.449 e. The van der Waals surface area contributed by atoms with E-state index in [0.29, 0.717) is 34.1 Å². The second-order valence-corrected chi connectivity index (χ2v) is 7.33. The Bertz CT molecular complexity index is 1220. The van der Waals surface area contributed by atoms with Gasteiger partial charge in [0.1, 0.15) is 5.82 Å². The molecule has 0 saturated carbocycles. The van der Waals surface area contributed by atoms with Crippen molar-refractivity contribution in [1.82, 2.24) is 9.97 Å². The number of aromatic nitrogens is 2. The molecular formula is C24H20ClN3O3. The van der Waals surface area contributed by atoms with Gasteiger partial charge in [-0.1, -0.05) is 61.0 Å². The number of rotatable bonds is 6. The van der Waals surface area contributed by atoms with Crippen LogP contribution in [-0.4, -0.2) is 27.9 Å². The third-order valence-electron chi connectivity index (χ3n) is 4.84. The quantitative estimate of drug-likeness (QED) is 0.395. The van der Waals surface area contributed by atoms with Gasteiger partial charge in [0.2, 0.25) is 0 Å². The van der Waals surface area contributed by atoms with Gasteiger partial charge < -0.3 is 15.0 Å². The molecule has 6 nitrogen and oxygen atoms in total. The van der Waals surface area contributed by atoms with Crippen molar-refractivity contribution in [1.29, 1.82) is 0 Å². The van der Waals surface area contributed by atoms with E-state index in [1.54, 1.807) is 49.4 Å². The molecule has 0 aliphatic carbocycles. The molecule has 1 heterocycles. The average molecular weight is 434 g/mol.